The summed E-state index contributed by atoms with van der Waals surface area (Å²) < 4.78 is 14.8. The Kier molecular flexibility index (Phi) is 4.12. The summed E-state index contributed by atoms with van der Waals surface area (Å²) in [5.41, 5.74) is 4.91. The number of H-pyrrole nitrogens is 2. The molecule has 0 saturated carbocycles. The van der Waals surface area contributed by atoms with Crippen molar-refractivity contribution in [1.82, 2.24) is 35.1 Å². The number of halogens is 1. The van der Waals surface area contributed by atoms with Crippen LogP contribution in [-0.2, 0) is 0 Å². The smallest absolute Gasteiger partial charge is 0.180 e. The summed E-state index contributed by atoms with van der Waals surface area (Å²) in [4.78, 5) is 23.0. The van der Waals surface area contributed by atoms with E-state index in [9.17, 15) is 4.39 Å². The van der Waals surface area contributed by atoms with Gasteiger partial charge in [0.25, 0.3) is 0 Å². The van der Waals surface area contributed by atoms with E-state index < -0.39 is 5.82 Å². The van der Waals surface area contributed by atoms with Gasteiger partial charge >= 0.3 is 0 Å². The monoisotopic (exact) mass is 414 g/mol. The predicted octanol–water partition coefficient (Wildman–Crippen LogP) is 4.09. The van der Waals surface area contributed by atoms with Gasteiger partial charge in [-0.25, -0.2) is 24.3 Å². The van der Waals surface area contributed by atoms with Crippen LogP contribution in [0.5, 0.6) is 0 Å². The summed E-state index contributed by atoms with van der Waals surface area (Å²) >= 11 is 0. The van der Waals surface area contributed by atoms with Crippen molar-refractivity contribution >= 4 is 27.8 Å². The van der Waals surface area contributed by atoms with Crippen molar-refractivity contribution < 1.29 is 4.39 Å². The molecule has 5 heterocycles. The fourth-order valence-electron chi connectivity index (χ4n) is 4.29. The first-order valence-corrected chi connectivity index (χ1v) is 10.3. The molecule has 0 radical (unpaired) electrons. The quantitative estimate of drug-likeness (QED) is 0.461. The van der Waals surface area contributed by atoms with Crippen molar-refractivity contribution in [3.8, 4) is 22.6 Å². The fourth-order valence-corrected chi connectivity index (χ4v) is 4.29. The van der Waals surface area contributed by atoms with E-state index in [1.807, 2.05) is 12.1 Å². The van der Waals surface area contributed by atoms with Gasteiger partial charge < -0.3 is 9.88 Å². The van der Waals surface area contributed by atoms with Gasteiger partial charge in [-0.15, -0.1) is 0 Å². The van der Waals surface area contributed by atoms with Crippen LogP contribution in [0.15, 0.2) is 43.1 Å². The molecule has 4 aromatic heterocycles. The second-order valence-corrected chi connectivity index (χ2v) is 7.74. The lowest BCUT2D eigenvalue weighted by atomic mass is 10.1. The van der Waals surface area contributed by atoms with Crippen LogP contribution in [0.3, 0.4) is 0 Å². The highest BCUT2D eigenvalue weighted by atomic mass is 19.1. The molecule has 1 saturated heterocycles. The predicted molar refractivity (Wildman–Crippen MR) is 116 cm³/mol. The van der Waals surface area contributed by atoms with E-state index in [2.05, 4.69) is 40.0 Å². The molecular weight excluding hydrogens is 395 g/mol. The molecule has 0 spiro atoms. The van der Waals surface area contributed by atoms with E-state index in [-0.39, 0.29) is 5.52 Å². The number of hydrogen-bond donors (Lipinski definition) is 2. The lowest BCUT2D eigenvalue weighted by molar-refractivity contribution is 0.578. The van der Waals surface area contributed by atoms with E-state index in [4.69, 9.17) is 0 Å². The summed E-state index contributed by atoms with van der Waals surface area (Å²) in [6, 6.07) is 5.34. The van der Waals surface area contributed by atoms with Crippen LogP contribution in [0.2, 0.25) is 0 Å². The average molecular weight is 414 g/mol. The van der Waals surface area contributed by atoms with Crippen LogP contribution < -0.4 is 4.90 Å². The molecule has 0 aliphatic carbocycles. The number of imidazole rings is 1. The molecule has 2 N–H and O–H groups in total. The van der Waals surface area contributed by atoms with Gasteiger partial charge in [0.05, 0.1) is 5.69 Å². The number of pyridine rings is 1. The van der Waals surface area contributed by atoms with Crippen molar-refractivity contribution in [3.05, 3.63) is 48.9 Å². The molecule has 5 aromatic rings. The fraction of sp³-hybridized carbons (Fsp3) is 0.227. The lowest BCUT2D eigenvalue weighted by Gasteiger charge is -2.28. The summed E-state index contributed by atoms with van der Waals surface area (Å²) in [5.74, 6) is 0.164. The SMILES string of the molecule is Fc1cc(-c2cncnc2)cc2c(-c3nc4nccc(N5CCCCC5)c4[nH]3)[nH]nc12. The first-order chi connectivity index (χ1) is 15.3. The topological polar surface area (TPSA) is 99.3 Å². The van der Waals surface area contributed by atoms with Gasteiger partial charge in [0.2, 0.25) is 0 Å². The van der Waals surface area contributed by atoms with Crippen molar-refractivity contribution in [3.63, 3.8) is 0 Å². The third-order valence-electron chi connectivity index (χ3n) is 5.81. The molecular formula is C22H19FN8. The third-order valence-corrected chi connectivity index (χ3v) is 5.81. The number of rotatable bonds is 3. The standard InChI is InChI=1S/C22H19FN8/c23-16-9-13(14-10-24-12-25-11-14)8-15-18(16)29-30-19(15)22-27-20-17(4-5-26-21(20)28-22)31-6-2-1-3-7-31/h4-5,8-12H,1-3,6-7H2,(H,29,30)(H,26,27,28). The van der Waals surface area contributed by atoms with Crippen molar-refractivity contribution in [2.24, 2.45) is 0 Å². The number of hydrogen-bond acceptors (Lipinski definition) is 6. The van der Waals surface area contributed by atoms with Crippen LogP contribution in [0.4, 0.5) is 10.1 Å². The highest BCUT2D eigenvalue weighted by Crippen LogP contribution is 2.33. The number of aromatic amines is 2. The van der Waals surface area contributed by atoms with Gasteiger partial charge in [-0.1, -0.05) is 0 Å². The van der Waals surface area contributed by atoms with Gasteiger partial charge in [-0.05, 0) is 43.0 Å². The van der Waals surface area contributed by atoms with Crippen LogP contribution in [0.25, 0.3) is 44.7 Å². The van der Waals surface area contributed by atoms with Crippen molar-refractivity contribution in [1.29, 1.82) is 0 Å². The molecule has 0 atom stereocenters. The molecule has 1 fully saturated rings. The second-order valence-electron chi connectivity index (χ2n) is 7.74. The molecule has 9 heteroatoms. The Hall–Kier alpha value is -3.88. The zero-order valence-electron chi connectivity index (χ0n) is 16.6. The minimum absolute atomic E-state index is 0.264. The Bertz CT molecular complexity index is 1390. The van der Waals surface area contributed by atoms with Crippen LogP contribution >= 0.6 is 0 Å². The maximum atomic E-state index is 14.8. The molecule has 1 aliphatic heterocycles. The summed E-state index contributed by atoms with van der Waals surface area (Å²) in [5, 5.41) is 7.78. The maximum Gasteiger partial charge on any atom is 0.180 e. The molecule has 8 nitrogen and oxygen atoms in total. The van der Waals surface area contributed by atoms with Gasteiger partial charge in [-0.3, -0.25) is 5.10 Å². The van der Waals surface area contributed by atoms with Gasteiger partial charge in [0.15, 0.2) is 17.3 Å². The van der Waals surface area contributed by atoms with E-state index in [0.717, 1.165) is 29.9 Å². The first kappa shape index (κ1) is 17.9. The normalized spacial score (nSPS) is 14.5. The van der Waals surface area contributed by atoms with Crippen LogP contribution in [0.1, 0.15) is 19.3 Å². The Morgan fingerprint density at radius 2 is 1.84 bits per heavy atom. The van der Waals surface area contributed by atoms with E-state index in [1.165, 1.54) is 31.7 Å². The van der Waals surface area contributed by atoms with Crippen molar-refractivity contribution in [2.45, 2.75) is 19.3 Å². The van der Waals surface area contributed by atoms with E-state index >= 15 is 0 Å². The molecule has 0 unspecified atom stereocenters. The number of piperidine rings is 1. The molecule has 0 bridgehead atoms. The minimum atomic E-state index is -0.415. The first-order valence-electron chi connectivity index (χ1n) is 10.3. The zero-order chi connectivity index (χ0) is 20.8. The number of benzene rings is 1. The molecule has 1 aliphatic rings. The van der Waals surface area contributed by atoms with E-state index in [1.54, 1.807) is 18.6 Å². The number of aromatic nitrogens is 7. The summed E-state index contributed by atoms with van der Waals surface area (Å²) in [7, 11) is 0. The highest BCUT2D eigenvalue weighted by Gasteiger charge is 2.20. The largest absolute Gasteiger partial charge is 0.370 e. The summed E-state index contributed by atoms with van der Waals surface area (Å²) in [6.07, 6.45) is 10.2. The zero-order valence-corrected chi connectivity index (χ0v) is 16.6. The van der Waals surface area contributed by atoms with Gasteiger partial charge in [0, 0.05) is 42.6 Å². The minimum Gasteiger partial charge on any atom is -0.370 e. The van der Waals surface area contributed by atoms with Gasteiger partial charge in [0.1, 0.15) is 23.1 Å². The second kappa shape index (κ2) is 7.12. The summed E-state index contributed by atoms with van der Waals surface area (Å²) in [6.45, 7) is 2.04. The molecule has 1 aromatic carbocycles. The lowest BCUT2D eigenvalue weighted by Crippen LogP contribution is -2.29. The Balaban J connectivity index is 1.50. The Labute approximate surface area is 176 Å². The van der Waals surface area contributed by atoms with Crippen molar-refractivity contribution in [2.75, 3.05) is 18.0 Å². The van der Waals surface area contributed by atoms with E-state index in [0.29, 0.717) is 28.1 Å². The highest BCUT2D eigenvalue weighted by molar-refractivity contribution is 5.97. The molecule has 154 valence electrons. The van der Waals surface area contributed by atoms with Crippen LogP contribution in [-0.4, -0.2) is 48.2 Å². The number of anilines is 1. The number of nitrogens with one attached hydrogen (secondary N) is 2. The Morgan fingerprint density at radius 1 is 1.00 bits per heavy atom. The van der Waals surface area contributed by atoms with Crippen LogP contribution in [0, 0.1) is 5.82 Å². The molecule has 6 rings (SSSR count). The third kappa shape index (κ3) is 3.00. The van der Waals surface area contributed by atoms with Gasteiger partial charge in [-0.2, -0.15) is 5.10 Å². The average Bonchev–Trinajstić information content (AvgIpc) is 3.44. The molecule has 31 heavy (non-hydrogen) atoms. The maximum absolute atomic E-state index is 14.8. The number of fused-ring (bicyclic) bond motifs is 2. The number of nitrogens with zero attached hydrogens (tertiary/aromatic N) is 6. The Morgan fingerprint density at radius 3 is 2.68 bits per heavy atom. The molecule has 0 amide bonds.